The number of aryl methyl sites for hydroxylation is 2. The molecular weight excluding hydrogens is 318 g/mol. The summed E-state index contributed by atoms with van der Waals surface area (Å²) in [5.41, 5.74) is 3.66. The minimum atomic E-state index is -0.541. The molecule has 0 fully saturated rings. The summed E-state index contributed by atoms with van der Waals surface area (Å²) in [7, 11) is 0. The van der Waals surface area contributed by atoms with Crippen molar-refractivity contribution in [2.75, 3.05) is 6.61 Å². The van der Waals surface area contributed by atoms with E-state index >= 15 is 0 Å². The highest BCUT2D eigenvalue weighted by atomic mass is 16.5. The number of H-pyrrole nitrogens is 1. The van der Waals surface area contributed by atoms with Crippen LogP contribution in [0, 0.1) is 13.8 Å². The Hall–Kier alpha value is -3.28. The molecule has 0 bridgehead atoms. The zero-order valence-corrected chi connectivity index (χ0v) is 13.9. The first-order valence-electron chi connectivity index (χ1n) is 7.78. The Morgan fingerprint density at radius 3 is 2.28 bits per heavy atom. The van der Waals surface area contributed by atoms with Gasteiger partial charge in [0.1, 0.15) is 5.82 Å². The van der Waals surface area contributed by atoms with Gasteiger partial charge in [-0.05, 0) is 38.1 Å². The van der Waals surface area contributed by atoms with Crippen molar-refractivity contribution in [2.45, 2.75) is 13.8 Å². The summed E-state index contributed by atoms with van der Waals surface area (Å²) in [6.07, 6.45) is 3.04. The van der Waals surface area contributed by atoms with Gasteiger partial charge in [-0.2, -0.15) is 0 Å². The van der Waals surface area contributed by atoms with Gasteiger partial charge in [0.05, 0.1) is 11.3 Å². The number of aromatic nitrogens is 3. The number of hydrogen-bond acceptors (Lipinski definition) is 5. The minimum Gasteiger partial charge on any atom is -0.454 e. The number of carbonyl (C=O) groups excluding carboxylic acids is 2. The molecule has 0 aliphatic heterocycles. The first kappa shape index (κ1) is 16.6. The van der Waals surface area contributed by atoms with Crippen LogP contribution in [0.25, 0.3) is 11.4 Å². The normalized spacial score (nSPS) is 10.5. The van der Waals surface area contributed by atoms with Crippen LogP contribution in [0.5, 0.6) is 0 Å². The van der Waals surface area contributed by atoms with Crippen molar-refractivity contribution < 1.29 is 14.3 Å². The molecule has 0 aliphatic rings. The fraction of sp³-hybridized carbons (Fsp3) is 0.158. The van der Waals surface area contributed by atoms with Crippen LogP contribution in [0.2, 0.25) is 0 Å². The van der Waals surface area contributed by atoms with Crippen molar-refractivity contribution >= 4 is 11.8 Å². The van der Waals surface area contributed by atoms with Crippen molar-refractivity contribution in [3.8, 4) is 11.4 Å². The van der Waals surface area contributed by atoms with Gasteiger partial charge in [-0.1, -0.05) is 12.1 Å². The molecule has 2 heterocycles. The lowest BCUT2D eigenvalue weighted by Gasteiger charge is -2.05. The Labute approximate surface area is 144 Å². The number of rotatable bonds is 5. The number of imidazole rings is 1. The van der Waals surface area contributed by atoms with Gasteiger partial charge in [-0.25, -0.2) is 9.78 Å². The number of pyridine rings is 1. The number of ketones is 1. The van der Waals surface area contributed by atoms with Crippen molar-refractivity contribution in [3.05, 3.63) is 71.3 Å². The van der Waals surface area contributed by atoms with Crippen molar-refractivity contribution in [3.63, 3.8) is 0 Å². The number of Topliss-reactive ketones (excluding diaryl/α,β-unsaturated/α-hetero) is 1. The average Bonchev–Trinajstić information content (AvgIpc) is 2.99. The molecule has 126 valence electrons. The van der Waals surface area contributed by atoms with Gasteiger partial charge >= 0.3 is 5.97 Å². The van der Waals surface area contributed by atoms with Gasteiger partial charge in [-0.3, -0.25) is 9.78 Å². The molecule has 0 spiro atoms. The Morgan fingerprint density at radius 2 is 1.68 bits per heavy atom. The van der Waals surface area contributed by atoms with Crippen LogP contribution in [0.1, 0.15) is 32.1 Å². The van der Waals surface area contributed by atoms with Gasteiger partial charge in [0.15, 0.2) is 12.4 Å². The SMILES string of the molecule is Cc1nc(-c2ccc(C(=O)OCC(=O)c3ccncc3)cc2)[nH]c1C. The molecule has 0 unspecified atom stereocenters. The molecule has 2 aromatic heterocycles. The lowest BCUT2D eigenvalue weighted by molar-refractivity contribution is 0.0475. The third-order valence-corrected chi connectivity index (χ3v) is 3.86. The topological polar surface area (TPSA) is 84.9 Å². The highest BCUT2D eigenvalue weighted by Crippen LogP contribution is 2.18. The molecule has 0 saturated heterocycles. The van der Waals surface area contributed by atoms with Gasteiger partial charge in [-0.15, -0.1) is 0 Å². The monoisotopic (exact) mass is 335 g/mol. The van der Waals surface area contributed by atoms with Gasteiger partial charge in [0.2, 0.25) is 0 Å². The van der Waals surface area contributed by atoms with Gasteiger partial charge < -0.3 is 9.72 Å². The maximum absolute atomic E-state index is 12.1. The fourth-order valence-corrected chi connectivity index (χ4v) is 2.28. The summed E-state index contributed by atoms with van der Waals surface area (Å²) in [5.74, 6) is -0.0579. The lowest BCUT2D eigenvalue weighted by Crippen LogP contribution is -2.14. The molecule has 3 aromatic rings. The third kappa shape index (κ3) is 3.80. The van der Waals surface area contributed by atoms with E-state index in [0.29, 0.717) is 11.1 Å². The number of hydrogen-bond donors (Lipinski definition) is 1. The van der Waals surface area contributed by atoms with Crippen LogP contribution in [0.4, 0.5) is 0 Å². The molecule has 0 aliphatic carbocycles. The van der Waals surface area contributed by atoms with E-state index in [1.54, 1.807) is 36.4 Å². The summed E-state index contributed by atoms with van der Waals surface area (Å²) in [6, 6.07) is 10.1. The van der Waals surface area contributed by atoms with E-state index in [-0.39, 0.29) is 12.4 Å². The van der Waals surface area contributed by atoms with E-state index in [1.807, 2.05) is 13.8 Å². The van der Waals surface area contributed by atoms with Gasteiger partial charge in [0, 0.05) is 29.2 Å². The highest BCUT2D eigenvalue weighted by molar-refractivity contribution is 5.99. The molecule has 0 amide bonds. The van der Waals surface area contributed by atoms with Crippen LogP contribution in [0.3, 0.4) is 0 Å². The molecular formula is C19H17N3O3. The number of nitrogens with zero attached hydrogens (tertiary/aromatic N) is 2. The summed E-state index contributed by atoms with van der Waals surface area (Å²) in [5, 5.41) is 0. The Balaban J connectivity index is 1.64. The van der Waals surface area contributed by atoms with Crippen LogP contribution < -0.4 is 0 Å². The van der Waals surface area contributed by atoms with Gasteiger partial charge in [0.25, 0.3) is 0 Å². The lowest BCUT2D eigenvalue weighted by atomic mass is 10.1. The van der Waals surface area contributed by atoms with E-state index in [2.05, 4.69) is 15.0 Å². The largest absolute Gasteiger partial charge is 0.454 e. The molecule has 0 atom stereocenters. The number of esters is 1. The highest BCUT2D eigenvalue weighted by Gasteiger charge is 2.12. The summed E-state index contributed by atoms with van der Waals surface area (Å²) in [6.45, 7) is 3.58. The van der Waals surface area contributed by atoms with E-state index < -0.39 is 5.97 Å². The summed E-state index contributed by atoms with van der Waals surface area (Å²) < 4.78 is 5.08. The maximum Gasteiger partial charge on any atom is 0.338 e. The molecule has 0 saturated carbocycles. The average molecular weight is 335 g/mol. The molecule has 3 rings (SSSR count). The first-order chi connectivity index (χ1) is 12.0. The molecule has 6 nitrogen and oxygen atoms in total. The number of nitrogens with one attached hydrogen (secondary N) is 1. The third-order valence-electron chi connectivity index (χ3n) is 3.86. The predicted molar refractivity (Wildman–Crippen MR) is 92.3 cm³/mol. The zero-order chi connectivity index (χ0) is 17.8. The zero-order valence-electron chi connectivity index (χ0n) is 13.9. The van der Waals surface area contributed by atoms with Crippen LogP contribution in [-0.2, 0) is 4.74 Å². The van der Waals surface area contributed by atoms with Crippen molar-refractivity contribution in [1.82, 2.24) is 15.0 Å². The van der Waals surface area contributed by atoms with E-state index in [1.165, 1.54) is 12.4 Å². The molecule has 6 heteroatoms. The minimum absolute atomic E-state index is 0.270. The Kier molecular flexibility index (Phi) is 4.70. The number of benzene rings is 1. The summed E-state index contributed by atoms with van der Waals surface area (Å²) in [4.78, 5) is 35.5. The fourth-order valence-electron chi connectivity index (χ4n) is 2.28. The second-order valence-electron chi connectivity index (χ2n) is 5.61. The number of aromatic amines is 1. The summed E-state index contributed by atoms with van der Waals surface area (Å²) >= 11 is 0. The van der Waals surface area contributed by atoms with Crippen molar-refractivity contribution in [1.29, 1.82) is 0 Å². The number of ether oxygens (including phenoxy) is 1. The Morgan fingerprint density at radius 1 is 1.00 bits per heavy atom. The first-order valence-corrected chi connectivity index (χ1v) is 7.78. The van der Waals surface area contributed by atoms with E-state index in [9.17, 15) is 9.59 Å². The smallest absolute Gasteiger partial charge is 0.338 e. The quantitative estimate of drug-likeness (QED) is 0.572. The standard InChI is InChI=1S/C19H17N3O3/c1-12-13(2)22-18(21-12)15-3-5-16(6-4-15)19(24)25-11-17(23)14-7-9-20-10-8-14/h3-10H,11H2,1-2H3,(H,21,22). The Bertz CT molecular complexity index is 880. The van der Waals surface area contributed by atoms with E-state index in [4.69, 9.17) is 4.74 Å². The van der Waals surface area contributed by atoms with Crippen LogP contribution in [0.15, 0.2) is 48.8 Å². The molecule has 25 heavy (non-hydrogen) atoms. The maximum atomic E-state index is 12.1. The molecule has 0 radical (unpaired) electrons. The van der Waals surface area contributed by atoms with Crippen molar-refractivity contribution in [2.24, 2.45) is 0 Å². The molecule has 1 N–H and O–H groups in total. The second-order valence-corrected chi connectivity index (χ2v) is 5.61. The second kappa shape index (κ2) is 7.09. The number of carbonyl (C=O) groups is 2. The molecule has 1 aromatic carbocycles. The predicted octanol–water partition coefficient (Wildman–Crippen LogP) is 3.13. The van der Waals surface area contributed by atoms with Crippen LogP contribution in [-0.4, -0.2) is 33.3 Å². The van der Waals surface area contributed by atoms with Crippen LogP contribution >= 0.6 is 0 Å². The van der Waals surface area contributed by atoms with E-state index in [0.717, 1.165) is 22.8 Å².